The molecule has 3 aromatic rings. The quantitative estimate of drug-likeness (QED) is 0.442. The summed E-state index contributed by atoms with van der Waals surface area (Å²) in [6.45, 7) is 2.85. The minimum Gasteiger partial charge on any atom is -0.656 e. The smallest absolute Gasteiger partial charge is 0.155 e. The number of hydrogen-bond acceptors (Lipinski definition) is 3. The van der Waals surface area contributed by atoms with Crippen LogP contribution in [-0.4, -0.2) is 15.9 Å². The van der Waals surface area contributed by atoms with E-state index in [0.717, 1.165) is 22.3 Å². The maximum Gasteiger partial charge on any atom is 0.155 e. The van der Waals surface area contributed by atoms with E-state index in [2.05, 4.69) is 22.1 Å². The van der Waals surface area contributed by atoms with E-state index in [1.54, 1.807) is 6.20 Å². The van der Waals surface area contributed by atoms with Crippen LogP contribution in [0.2, 0.25) is 0 Å². The summed E-state index contributed by atoms with van der Waals surface area (Å²) in [5.74, 6) is -0.0625. The van der Waals surface area contributed by atoms with E-state index in [9.17, 15) is 4.79 Å². The third-order valence-corrected chi connectivity index (χ3v) is 2.81. The first-order chi connectivity index (χ1) is 10.6. The molecule has 2 aromatic heterocycles. The van der Waals surface area contributed by atoms with Gasteiger partial charge >= 0.3 is 0 Å². The van der Waals surface area contributed by atoms with Crippen molar-refractivity contribution in [3.8, 4) is 11.4 Å². The van der Waals surface area contributed by atoms with E-state index in [1.807, 2.05) is 36.4 Å². The summed E-state index contributed by atoms with van der Waals surface area (Å²) in [4.78, 5) is 18.8. The third-order valence-electron chi connectivity index (χ3n) is 2.81. The van der Waals surface area contributed by atoms with E-state index in [1.165, 1.54) is 19.9 Å². The molecule has 1 N–H and O–H groups in total. The van der Waals surface area contributed by atoms with E-state index in [-0.39, 0.29) is 31.6 Å². The van der Waals surface area contributed by atoms with Crippen molar-refractivity contribution in [3.05, 3.63) is 66.6 Å². The number of carbonyl (C=O) groups excluding carboxylic acids is 1. The molecule has 121 valence electrons. The SMILES string of the molecule is CC(=O)C=C(C)O.[Ir].c1ccc(-c2cc3ccccc3[n-]2)nc1. The fourth-order valence-electron chi connectivity index (χ4n) is 1.96. The number of ketones is 1. The maximum absolute atomic E-state index is 10.0. The Morgan fingerprint density at radius 1 is 1.13 bits per heavy atom. The molecule has 0 unspecified atom stereocenters. The van der Waals surface area contributed by atoms with E-state index in [0.29, 0.717) is 0 Å². The molecule has 0 spiro atoms. The average Bonchev–Trinajstić information content (AvgIpc) is 2.91. The number of nitrogens with zero attached hydrogens (tertiary/aromatic N) is 2. The van der Waals surface area contributed by atoms with Crippen LogP contribution in [0, 0.1) is 0 Å². The molecule has 0 aliphatic rings. The second-order valence-corrected chi connectivity index (χ2v) is 4.81. The zero-order chi connectivity index (χ0) is 15.9. The summed E-state index contributed by atoms with van der Waals surface area (Å²) in [6, 6.07) is 16.0. The number of pyridine rings is 1. The third kappa shape index (κ3) is 5.81. The number of allylic oxidation sites excluding steroid dienone is 2. The Balaban J connectivity index is 0.000000287. The number of aliphatic hydroxyl groups excluding tert-OH is 1. The minimum atomic E-state index is -0.125. The van der Waals surface area contributed by atoms with Crippen molar-refractivity contribution in [1.29, 1.82) is 0 Å². The van der Waals surface area contributed by atoms with Gasteiger partial charge in [-0.3, -0.25) is 9.78 Å². The van der Waals surface area contributed by atoms with Crippen molar-refractivity contribution >= 4 is 16.7 Å². The van der Waals surface area contributed by atoms with Crippen LogP contribution < -0.4 is 4.98 Å². The van der Waals surface area contributed by atoms with Gasteiger partial charge in [-0.2, -0.15) is 0 Å². The van der Waals surface area contributed by atoms with Crippen molar-refractivity contribution in [2.45, 2.75) is 13.8 Å². The molecule has 4 nitrogen and oxygen atoms in total. The second-order valence-electron chi connectivity index (χ2n) is 4.81. The summed E-state index contributed by atoms with van der Waals surface area (Å²) in [5.41, 5.74) is 2.89. The number of hydrogen-bond donors (Lipinski definition) is 1. The first-order valence-corrected chi connectivity index (χ1v) is 6.88. The van der Waals surface area contributed by atoms with Gasteiger partial charge in [0.2, 0.25) is 0 Å². The number of benzene rings is 1. The fraction of sp³-hybridized carbons (Fsp3) is 0.111. The van der Waals surface area contributed by atoms with Crippen molar-refractivity contribution in [1.82, 2.24) is 9.97 Å². The van der Waals surface area contributed by atoms with Crippen LogP contribution >= 0.6 is 0 Å². The molecule has 2 heterocycles. The van der Waals surface area contributed by atoms with Crippen molar-refractivity contribution in [2.24, 2.45) is 0 Å². The first-order valence-electron chi connectivity index (χ1n) is 6.88. The molecule has 1 radical (unpaired) electrons. The molecule has 0 bridgehead atoms. The van der Waals surface area contributed by atoms with Crippen LogP contribution in [0.5, 0.6) is 0 Å². The van der Waals surface area contributed by atoms with E-state index >= 15 is 0 Å². The van der Waals surface area contributed by atoms with Gasteiger partial charge in [-0.05, 0) is 31.4 Å². The number of rotatable bonds is 2. The predicted octanol–water partition coefficient (Wildman–Crippen LogP) is 3.89. The van der Waals surface area contributed by atoms with Gasteiger partial charge in [-0.25, -0.2) is 0 Å². The van der Waals surface area contributed by atoms with Gasteiger partial charge in [0.25, 0.3) is 0 Å². The van der Waals surface area contributed by atoms with Crippen LogP contribution in [0.15, 0.2) is 66.6 Å². The topological polar surface area (TPSA) is 64.3 Å². The number of para-hydroxylation sites is 1. The fourth-order valence-corrected chi connectivity index (χ4v) is 1.96. The molecule has 0 aliphatic heterocycles. The van der Waals surface area contributed by atoms with Crippen LogP contribution in [0.3, 0.4) is 0 Å². The molecular formula is C18H17IrN2O2-. The zero-order valence-electron chi connectivity index (χ0n) is 12.9. The van der Waals surface area contributed by atoms with Gasteiger partial charge in [-0.1, -0.05) is 36.4 Å². The Labute approximate surface area is 148 Å². The molecule has 0 aliphatic carbocycles. The average molecular weight is 486 g/mol. The zero-order valence-corrected chi connectivity index (χ0v) is 15.3. The molecule has 1 aromatic carbocycles. The molecule has 23 heavy (non-hydrogen) atoms. The van der Waals surface area contributed by atoms with Gasteiger partial charge in [0.05, 0.1) is 5.76 Å². The summed E-state index contributed by atoms with van der Waals surface area (Å²) >= 11 is 0. The molecule has 0 saturated carbocycles. The van der Waals surface area contributed by atoms with Crippen LogP contribution in [0.4, 0.5) is 0 Å². The van der Waals surface area contributed by atoms with Crippen LogP contribution in [-0.2, 0) is 24.9 Å². The number of aromatic nitrogens is 2. The van der Waals surface area contributed by atoms with Gasteiger partial charge in [0.1, 0.15) is 0 Å². The molecule has 3 rings (SSSR count). The van der Waals surface area contributed by atoms with Crippen molar-refractivity contribution in [2.75, 3.05) is 0 Å². The van der Waals surface area contributed by atoms with Crippen LogP contribution in [0.1, 0.15) is 13.8 Å². The molecule has 0 fully saturated rings. The summed E-state index contributed by atoms with van der Waals surface area (Å²) in [6.07, 6.45) is 2.95. The Bertz CT molecular complexity index is 758. The van der Waals surface area contributed by atoms with Crippen molar-refractivity contribution in [3.63, 3.8) is 0 Å². The van der Waals surface area contributed by atoms with Gasteiger partial charge in [-0.15, -0.1) is 11.2 Å². The number of fused-ring (bicyclic) bond motifs is 1. The Kier molecular flexibility index (Phi) is 7.39. The molecular weight excluding hydrogens is 468 g/mol. The minimum absolute atomic E-state index is 0. The summed E-state index contributed by atoms with van der Waals surface area (Å²) in [5, 5.41) is 9.53. The predicted molar refractivity (Wildman–Crippen MR) is 87.6 cm³/mol. The molecule has 5 heteroatoms. The summed E-state index contributed by atoms with van der Waals surface area (Å²) in [7, 11) is 0. The molecule has 0 saturated heterocycles. The monoisotopic (exact) mass is 486 g/mol. The van der Waals surface area contributed by atoms with Crippen LogP contribution in [0.25, 0.3) is 22.3 Å². The van der Waals surface area contributed by atoms with Gasteiger partial charge < -0.3 is 10.1 Å². The Morgan fingerprint density at radius 2 is 1.83 bits per heavy atom. The largest absolute Gasteiger partial charge is 0.656 e. The maximum atomic E-state index is 10.0. The normalized spacial score (nSPS) is 10.4. The number of aliphatic hydroxyl groups is 1. The first kappa shape index (κ1) is 18.8. The second kappa shape index (κ2) is 9.03. The van der Waals surface area contributed by atoms with Crippen molar-refractivity contribution < 1.29 is 30.0 Å². The van der Waals surface area contributed by atoms with E-state index in [4.69, 9.17) is 5.11 Å². The van der Waals surface area contributed by atoms with E-state index < -0.39 is 0 Å². The standard InChI is InChI=1S/C13H9N2.C5H8O2.Ir/c1-2-6-11-10(5-1)9-13(15-11)12-7-3-4-8-14-12;1-4(6)3-5(2)7;/h1-9H;3,6H,1-2H3;/q-1;;. The summed E-state index contributed by atoms with van der Waals surface area (Å²) < 4.78 is 0. The number of carbonyl (C=O) groups is 1. The van der Waals surface area contributed by atoms with Gasteiger partial charge in [0.15, 0.2) is 5.78 Å². The molecule has 0 atom stereocenters. The van der Waals surface area contributed by atoms with Gasteiger partial charge in [0, 0.05) is 38.1 Å². The molecule has 0 amide bonds. The Morgan fingerprint density at radius 3 is 2.35 bits per heavy atom. The Hall–Kier alpha value is -2.23.